The van der Waals surface area contributed by atoms with E-state index < -0.39 is 0 Å². The van der Waals surface area contributed by atoms with Crippen LogP contribution < -0.4 is 4.90 Å². The lowest BCUT2D eigenvalue weighted by Gasteiger charge is -2.30. The monoisotopic (exact) mass is 270 g/mol. The molecule has 2 heteroatoms. The van der Waals surface area contributed by atoms with E-state index in [9.17, 15) is 0 Å². The summed E-state index contributed by atoms with van der Waals surface area (Å²) in [6.07, 6.45) is 1.88. The third-order valence-electron chi connectivity index (χ3n) is 3.84. The number of benzene rings is 2. The van der Waals surface area contributed by atoms with Crippen LogP contribution >= 0.6 is 11.6 Å². The zero-order valence-electron chi connectivity index (χ0n) is 10.8. The normalized spacial score (nSPS) is 15.4. The fourth-order valence-corrected chi connectivity index (χ4v) is 3.18. The number of anilines is 1. The lowest BCUT2D eigenvalue weighted by atomic mass is 10.0. The zero-order valence-corrected chi connectivity index (χ0v) is 11.6. The summed E-state index contributed by atoms with van der Waals surface area (Å²) < 4.78 is 0. The molecule has 0 N–H and O–H groups in total. The zero-order chi connectivity index (χ0) is 13.2. The van der Waals surface area contributed by atoms with E-state index in [0.29, 0.717) is 6.04 Å². The standard InChI is InChI=1S/C17H17ClN/c1-2-16(13-7-4-3-5-8-13)19-12-11-14-15(18)9-6-10-17(14)19/h3-10,16H,1-2,11-12H2. The number of hydrogen-bond donors (Lipinski definition) is 0. The second-order valence-corrected chi connectivity index (χ2v) is 5.30. The van der Waals surface area contributed by atoms with E-state index in [2.05, 4.69) is 48.2 Å². The molecule has 0 bridgehead atoms. The molecule has 97 valence electrons. The summed E-state index contributed by atoms with van der Waals surface area (Å²) in [5.41, 5.74) is 3.87. The minimum atomic E-state index is 0.334. The molecule has 0 aliphatic carbocycles. The summed E-state index contributed by atoms with van der Waals surface area (Å²) in [5, 5.41) is 0.885. The van der Waals surface area contributed by atoms with Gasteiger partial charge >= 0.3 is 0 Å². The first kappa shape index (κ1) is 12.6. The van der Waals surface area contributed by atoms with Crippen LogP contribution in [0.2, 0.25) is 5.02 Å². The first-order chi connectivity index (χ1) is 9.31. The number of hydrogen-bond acceptors (Lipinski definition) is 1. The maximum atomic E-state index is 6.29. The Labute approximate surface area is 119 Å². The summed E-state index contributed by atoms with van der Waals surface area (Å²) in [7, 11) is 0. The number of rotatable bonds is 3. The van der Waals surface area contributed by atoms with Crippen LogP contribution in [0.25, 0.3) is 0 Å². The van der Waals surface area contributed by atoms with Gasteiger partial charge in [-0.05, 0) is 36.1 Å². The molecule has 1 aliphatic heterocycles. The quantitative estimate of drug-likeness (QED) is 0.784. The van der Waals surface area contributed by atoms with Crippen LogP contribution in [0.5, 0.6) is 0 Å². The van der Waals surface area contributed by atoms with Gasteiger partial charge in [0.05, 0.1) is 6.04 Å². The van der Waals surface area contributed by atoms with E-state index in [1.165, 1.54) is 16.8 Å². The Morgan fingerprint density at radius 3 is 2.63 bits per heavy atom. The summed E-state index contributed by atoms with van der Waals surface area (Å²) >= 11 is 6.29. The number of fused-ring (bicyclic) bond motifs is 1. The van der Waals surface area contributed by atoms with E-state index in [1.54, 1.807) is 0 Å². The molecule has 2 aromatic rings. The number of halogens is 1. The number of nitrogens with zero attached hydrogens (tertiary/aromatic N) is 1. The first-order valence-corrected chi connectivity index (χ1v) is 7.07. The van der Waals surface area contributed by atoms with Gasteiger partial charge in [0.2, 0.25) is 0 Å². The molecule has 0 spiro atoms. The van der Waals surface area contributed by atoms with Gasteiger partial charge < -0.3 is 4.90 Å². The Bertz CT molecular complexity index is 565. The van der Waals surface area contributed by atoms with Gasteiger partial charge in [-0.2, -0.15) is 0 Å². The molecule has 0 saturated heterocycles. The fourth-order valence-electron chi connectivity index (χ4n) is 2.92. The van der Waals surface area contributed by atoms with Crippen molar-refractivity contribution >= 4 is 17.3 Å². The van der Waals surface area contributed by atoms with Crippen LogP contribution in [0, 0.1) is 6.92 Å². The van der Waals surface area contributed by atoms with Crippen molar-refractivity contribution in [1.82, 2.24) is 0 Å². The van der Waals surface area contributed by atoms with Gasteiger partial charge in [-0.15, -0.1) is 0 Å². The molecule has 0 saturated carbocycles. The molecular weight excluding hydrogens is 254 g/mol. The van der Waals surface area contributed by atoms with Crippen LogP contribution in [0.3, 0.4) is 0 Å². The second-order valence-electron chi connectivity index (χ2n) is 4.90. The van der Waals surface area contributed by atoms with Crippen LogP contribution in [0.15, 0.2) is 48.5 Å². The second kappa shape index (κ2) is 5.26. The van der Waals surface area contributed by atoms with Crippen molar-refractivity contribution in [3.05, 3.63) is 71.6 Å². The average Bonchev–Trinajstić information content (AvgIpc) is 2.87. The minimum Gasteiger partial charge on any atom is -0.364 e. The molecule has 1 atom stereocenters. The molecule has 19 heavy (non-hydrogen) atoms. The Hall–Kier alpha value is -1.47. The van der Waals surface area contributed by atoms with Gasteiger partial charge in [0.1, 0.15) is 0 Å². The Kier molecular flexibility index (Phi) is 3.48. The molecule has 0 amide bonds. The maximum Gasteiger partial charge on any atom is 0.0542 e. The van der Waals surface area contributed by atoms with E-state index in [4.69, 9.17) is 11.6 Å². The Morgan fingerprint density at radius 2 is 1.89 bits per heavy atom. The molecule has 3 rings (SSSR count). The summed E-state index contributed by atoms with van der Waals surface area (Å²) in [6, 6.07) is 17.1. The van der Waals surface area contributed by atoms with Crippen molar-refractivity contribution in [2.45, 2.75) is 18.9 Å². The highest BCUT2D eigenvalue weighted by atomic mass is 35.5. The van der Waals surface area contributed by atoms with E-state index >= 15 is 0 Å². The van der Waals surface area contributed by atoms with Gasteiger partial charge in [0.15, 0.2) is 0 Å². The van der Waals surface area contributed by atoms with Crippen molar-refractivity contribution in [1.29, 1.82) is 0 Å². The van der Waals surface area contributed by atoms with Gasteiger partial charge in [0, 0.05) is 17.3 Å². The van der Waals surface area contributed by atoms with Crippen LogP contribution in [-0.2, 0) is 6.42 Å². The maximum absolute atomic E-state index is 6.29. The van der Waals surface area contributed by atoms with Crippen molar-refractivity contribution in [2.24, 2.45) is 0 Å². The summed E-state index contributed by atoms with van der Waals surface area (Å²) in [5.74, 6) is 0. The predicted octanol–water partition coefficient (Wildman–Crippen LogP) is 4.67. The molecule has 1 radical (unpaired) electrons. The molecule has 2 aromatic carbocycles. The highest BCUT2D eigenvalue weighted by Gasteiger charge is 2.27. The summed E-state index contributed by atoms with van der Waals surface area (Å²) in [6.45, 7) is 5.15. The van der Waals surface area contributed by atoms with Crippen molar-refractivity contribution in [3.8, 4) is 0 Å². The molecule has 1 heterocycles. The van der Waals surface area contributed by atoms with Crippen LogP contribution in [0.1, 0.15) is 23.6 Å². The average molecular weight is 271 g/mol. The van der Waals surface area contributed by atoms with Gasteiger partial charge in [-0.25, -0.2) is 0 Å². The third-order valence-corrected chi connectivity index (χ3v) is 4.19. The minimum absolute atomic E-state index is 0.334. The van der Waals surface area contributed by atoms with Gasteiger partial charge in [-0.3, -0.25) is 0 Å². The van der Waals surface area contributed by atoms with E-state index in [-0.39, 0.29) is 0 Å². The predicted molar refractivity (Wildman–Crippen MR) is 81.7 cm³/mol. The Balaban J connectivity index is 1.98. The van der Waals surface area contributed by atoms with Gasteiger partial charge in [-0.1, -0.05) is 54.9 Å². The van der Waals surface area contributed by atoms with Crippen LogP contribution in [0.4, 0.5) is 5.69 Å². The third kappa shape index (κ3) is 2.23. The van der Waals surface area contributed by atoms with E-state index in [0.717, 1.165) is 24.4 Å². The van der Waals surface area contributed by atoms with Gasteiger partial charge in [0.25, 0.3) is 0 Å². The lowest BCUT2D eigenvalue weighted by Crippen LogP contribution is -2.26. The largest absolute Gasteiger partial charge is 0.364 e. The molecule has 1 nitrogen and oxygen atoms in total. The first-order valence-electron chi connectivity index (χ1n) is 6.69. The fraction of sp³-hybridized carbons (Fsp3) is 0.235. The van der Waals surface area contributed by atoms with Crippen molar-refractivity contribution < 1.29 is 0 Å². The smallest absolute Gasteiger partial charge is 0.0542 e. The molecule has 1 unspecified atom stereocenters. The van der Waals surface area contributed by atoms with Crippen molar-refractivity contribution in [3.63, 3.8) is 0 Å². The molecular formula is C17H17ClN. The van der Waals surface area contributed by atoms with Crippen LogP contribution in [-0.4, -0.2) is 6.54 Å². The highest BCUT2D eigenvalue weighted by molar-refractivity contribution is 6.31. The molecule has 0 aromatic heterocycles. The molecule has 0 fully saturated rings. The summed E-state index contributed by atoms with van der Waals surface area (Å²) in [4.78, 5) is 2.43. The Morgan fingerprint density at radius 1 is 1.11 bits per heavy atom. The SMILES string of the molecule is [CH2]CC(c1ccccc1)N1CCc2c(Cl)cccc21. The molecule has 1 aliphatic rings. The topological polar surface area (TPSA) is 3.24 Å². The lowest BCUT2D eigenvalue weighted by molar-refractivity contribution is 0.646. The van der Waals surface area contributed by atoms with Crippen molar-refractivity contribution in [2.75, 3.05) is 11.4 Å². The van der Waals surface area contributed by atoms with E-state index in [1.807, 2.05) is 12.1 Å². The highest BCUT2D eigenvalue weighted by Crippen LogP contribution is 2.39.